The summed E-state index contributed by atoms with van der Waals surface area (Å²) in [6.07, 6.45) is -0.0373. The Morgan fingerprint density at radius 1 is 1.19 bits per heavy atom. The van der Waals surface area contributed by atoms with E-state index in [1.807, 2.05) is 6.07 Å². The Morgan fingerprint density at radius 2 is 1.93 bits per heavy atom. The number of hydrogen-bond acceptors (Lipinski definition) is 6. The van der Waals surface area contributed by atoms with Crippen molar-refractivity contribution in [2.45, 2.75) is 11.7 Å². The van der Waals surface area contributed by atoms with Gasteiger partial charge in [-0.25, -0.2) is 0 Å². The predicted octanol–water partition coefficient (Wildman–Crippen LogP) is 3.12. The number of ether oxygens (including phenoxy) is 2. The summed E-state index contributed by atoms with van der Waals surface area (Å²) in [5, 5.41) is 10.3. The van der Waals surface area contributed by atoms with E-state index in [1.165, 1.54) is 12.0 Å². The van der Waals surface area contributed by atoms with Gasteiger partial charge in [-0.3, -0.25) is 19.9 Å². The van der Waals surface area contributed by atoms with Gasteiger partial charge in [-0.05, 0) is 24.3 Å². The zero-order valence-electron chi connectivity index (χ0n) is 14.9. The van der Waals surface area contributed by atoms with Gasteiger partial charge in [0.05, 0.1) is 25.6 Å². The molecule has 0 bridgehead atoms. The molecule has 0 spiro atoms. The van der Waals surface area contributed by atoms with Crippen LogP contribution in [0.1, 0.15) is 6.42 Å². The third kappa shape index (κ3) is 4.06. The molecule has 2 amide bonds. The van der Waals surface area contributed by atoms with E-state index in [0.29, 0.717) is 22.9 Å². The van der Waals surface area contributed by atoms with Gasteiger partial charge in [-0.1, -0.05) is 30.0 Å². The van der Waals surface area contributed by atoms with Crippen LogP contribution >= 0.6 is 11.8 Å². The molecular weight excluding hydrogens is 366 g/mol. The molecule has 0 aromatic heterocycles. The van der Waals surface area contributed by atoms with E-state index in [0.717, 1.165) is 11.8 Å². The number of anilines is 2. The van der Waals surface area contributed by atoms with Crippen molar-refractivity contribution in [2.24, 2.45) is 0 Å². The number of benzene rings is 2. The Kier molecular flexibility index (Phi) is 5.66. The third-order valence-corrected chi connectivity index (χ3v) is 5.08. The van der Waals surface area contributed by atoms with E-state index < -0.39 is 5.25 Å². The fourth-order valence-corrected chi connectivity index (χ4v) is 3.72. The fraction of sp³-hybridized carbons (Fsp3) is 0.211. The van der Waals surface area contributed by atoms with Crippen molar-refractivity contribution in [3.8, 4) is 11.5 Å². The van der Waals surface area contributed by atoms with Crippen LogP contribution in [0.2, 0.25) is 0 Å². The van der Waals surface area contributed by atoms with Gasteiger partial charge in [0.2, 0.25) is 11.8 Å². The van der Waals surface area contributed by atoms with E-state index >= 15 is 0 Å². The molecule has 1 aliphatic heterocycles. The zero-order chi connectivity index (χ0) is 19.4. The van der Waals surface area contributed by atoms with Crippen LogP contribution in [-0.2, 0) is 9.59 Å². The van der Waals surface area contributed by atoms with Crippen LogP contribution in [-0.4, -0.2) is 36.5 Å². The third-order valence-electron chi connectivity index (χ3n) is 4.02. The molecule has 2 N–H and O–H groups in total. The highest BCUT2D eigenvalue weighted by Gasteiger charge is 2.39. The molecule has 2 aromatic rings. The van der Waals surface area contributed by atoms with Gasteiger partial charge in [-0.2, -0.15) is 0 Å². The van der Waals surface area contributed by atoms with Crippen LogP contribution in [0.3, 0.4) is 0 Å². The molecule has 0 aliphatic carbocycles. The van der Waals surface area contributed by atoms with E-state index in [9.17, 15) is 9.59 Å². The average molecular weight is 385 g/mol. The second-order valence-corrected chi connectivity index (χ2v) is 6.93. The van der Waals surface area contributed by atoms with Gasteiger partial charge in [-0.15, -0.1) is 0 Å². The monoisotopic (exact) mass is 385 g/mol. The smallest absolute Gasteiger partial charge is 0.247 e. The molecule has 0 unspecified atom stereocenters. The summed E-state index contributed by atoms with van der Waals surface area (Å²) in [5.74, 6) is 0.477. The van der Waals surface area contributed by atoms with Gasteiger partial charge < -0.3 is 14.8 Å². The minimum absolute atomic E-state index is 0.0373. The molecule has 140 valence electrons. The van der Waals surface area contributed by atoms with E-state index in [4.69, 9.17) is 14.9 Å². The first-order valence-electron chi connectivity index (χ1n) is 8.19. The van der Waals surface area contributed by atoms with Crippen LogP contribution in [0.25, 0.3) is 0 Å². The lowest BCUT2D eigenvalue weighted by Gasteiger charge is -2.15. The molecule has 1 aliphatic rings. The molecule has 2 aromatic carbocycles. The number of carbonyl (C=O) groups excluding carboxylic acids is 2. The Morgan fingerprint density at radius 3 is 2.59 bits per heavy atom. The maximum Gasteiger partial charge on any atom is 0.247 e. The average Bonchev–Trinajstić information content (AvgIpc) is 2.95. The molecule has 7 nitrogen and oxygen atoms in total. The molecule has 1 saturated heterocycles. The number of rotatable bonds is 6. The van der Waals surface area contributed by atoms with Crippen LogP contribution in [0.5, 0.6) is 11.5 Å². The van der Waals surface area contributed by atoms with Crippen molar-refractivity contribution in [3.63, 3.8) is 0 Å². The van der Waals surface area contributed by atoms with Crippen LogP contribution in [0, 0.1) is 5.41 Å². The summed E-state index contributed by atoms with van der Waals surface area (Å²) in [6, 6.07) is 14.0. The second-order valence-electron chi connectivity index (χ2n) is 5.74. The van der Waals surface area contributed by atoms with E-state index in [1.54, 1.807) is 49.6 Å². The number of methoxy groups -OCH3 is 2. The second kappa shape index (κ2) is 8.13. The maximum atomic E-state index is 12.7. The Balaban J connectivity index is 1.68. The molecule has 1 heterocycles. The molecule has 27 heavy (non-hydrogen) atoms. The Hall–Kier alpha value is -3.00. The predicted molar refractivity (Wildman–Crippen MR) is 106 cm³/mol. The topological polar surface area (TPSA) is 91.7 Å². The van der Waals surface area contributed by atoms with Gasteiger partial charge in [0.15, 0.2) is 5.17 Å². The summed E-state index contributed by atoms with van der Waals surface area (Å²) in [6.45, 7) is 0. The van der Waals surface area contributed by atoms with Crippen molar-refractivity contribution in [3.05, 3.63) is 48.5 Å². The number of nitrogens with one attached hydrogen (secondary N) is 2. The standard InChI is InChI=1S/C19H19N3O4S/c1-25-13-8-9-14(15(10-13)26-2)21-17(23)11-16-18(24)22(19(20)27-16)12-6-4-3-5-7-12/h3-10,16,20H,11H2,1-2H3,(H,21,23)/t16-/m1/s1. The Labute approximate surface area is 161 Å². The van der Waals surface area contributed by atoms with Crippen LogP contribution in [0.15, 0.2) is 48.5 Å². The maximum absolute atomic E-state index is 12.7. The highest BCUT2D eigenvalue weighted by molar-refractivity contribution is 8.16. The number of nitrogens with zero attached hydrogens (tertiary/aromatic N) is 1. The lowest BCUT2D eigenvalue weighted by molar-refractivity contribution is -0.121. The molecule has 0 saturated carbocycles. The van der Waals surface area contributed by atoms with E-state index in [2.05, 4.69) is 5.32 Å². The largest absolute Gasteiger partial charge is 0.497 e. The number of thioether (sulfide) groups is 1. The first-order chi connectivity index (χ1) is 13.0. The van der Waals surface area contributed by atoms with Crippen molar-refractivity contribution in [1.29, 1.82) is 5.41 Å². The number of carbonyl (C=O) groups is 2. The number of hydrogen-bond donors (Lipinski definition) is 2. The van der Waals surface area contributed by atoms with Crippen molar-refractivity contribution >= 4 is 40.1 Å². The molecule has 1 fully saturated rings. The number of amides is 2. The van der Waals surface area contributed by atoms with Crippen molar-refractivity contribution in [2.75, 3.05) is 24.4 Å². The Bertz CT molecular complexity index is 873. The normalized spacial score (nSPS) is 16.4. The highest BCUT2D eigenvalue weighted by atomic mass is 32.2. The summed E-state index contributed by atoms with van der Waals surface area (Å²) >= 11 is 1.08. The van der Waals surface area contributed by atoms with Gasteiger partial charge in [0, 0.05) is 12.5 Å². The van der Waals surface area contributed by atoms with Crippen LogP contribution in [0.4, 0.5) is 11.4 Å². The summed E-state index contributed by atoms with van der Waals surface area (Å²) in [7, 11) is 3.04. The SMILES string of the molecule is COc1ccc(NC(=O)C[C@H]2SC(=N)N(c3ccccc3)C2=O)c(OC)c1. The van der Waals surface area contributed by atoms with Gasteiger partial charge >= 0.3 is 0 Å². The molecule has 3 rings (SSSR count). The zero-order valence-corrected chi connectivity index (χ0v) is 15.7. The minimum Gasteiger partial charge on any atom is -0.497 e. The van der Waals surface area contributed by atoms with E-state index in [-0.39, 0.29) is 23.4 Å². The molecule has 8 heteroatoms. The fourth-order valence-electron chi connectivity index (χ4n) is 2.70. The summed E-state index contributed by atoms with van der Waals surface area (Å²) in [4.78, 5) is 26.4. The molecular formula is C19H19N3O4S. The quantitative estimate of drug-likeness (QED) is 0.797. The molecule has 0 radical (unpaired) electrons. The lowest BCUT2D eigenvalue weighted by Crippen LogP contribution is -2.33. The summed E-state index contributed by atoms with van der Waals surface area (Å²) in [5.41, 5.74) is 1.12. The highest BCUT2D eigenvalue weighted by Crippen LogP contribution is 2.34. The van der Waals surface area contributed by atoms with Gasteiger partial charge in [0.1, 0.15) is 16.7 Å². The lowest BCUT2D eigenvalue weighted by atomic mass is 10.2. The molecule has 1 atom stereocenters. The summed E-state index contributed by atoms with van der Waals surface area (Å²) < 4.78 is 10.4. The first kappa shape index (κ1) is 18.8. The number of para-hydroxylation sites is 1. The van der Waals surface area contributed by atoms with Crippen LogP contribution < -0.4 is 19.7 Å². The number of amidine groups is 1. The first-order valence-corrected chi connectivity index (χ1v) is 9.07. The minimum atomic E-state index is -0.637. The van der Waals surface area contributed by atoms with Gasteiger partial charge in [0.25, 0.3) is 0 Å². The van der Waals surface area contributed by atoms with Crippen molar-refractivity contribution in [1.82, 2.24) is 0 Å². The van der Waals surface area contributed by atoms with Crippen molar-refractivity contribution < 1.29 is 19.1 Å².